The van der Waals surface area contributed by atoms with Gasteiger partial charge in [0, 0.05) is 11.5 Å². The van der Waals surface area contributed by atoms with Crippen LogP contribution in [-0.2, 0) is 9.53 Å². The van der Waals surface area contributed by atoms with Gasteiger partial charge in [-0.1, -0.05) is 18.2 Å². The van der Waals surface area contributed by atoms with Gasteiger partial charge in [0.1, 0.15) is 5.75 Å². The van der Waals surface area contributed by atoms with Crippen LogP contribution in [0.15, 0.2) is 24.3 Å². The van der Waals surface area contributed by atoms with Crippen molar-refractivity contribution in [2.45, 2.75) is 31.0 Å². The Morgan fingerprint density at radius 2 is 1.94 bits per heavy atom. The first-order chi connectivity index (χ1) is 8.18. The van der Waals surface area contributed by atoms with Gasteiger partial charge in [-0.3, -0.25) is 4.79 Å². The maximum Gasteiger partial charge on any atom is 0.309 e. The lowest BCUT2D eigenvalue weighted by atomic mass is 9.75. The van der Waals surface area contributed by atoms with Crippen LogP contribution < -0.4 is 0 Å². The van der Waals surface area contributed by atoms with Gasteiger partial charge in [0.05, 0.1) is 18.1 Å². The first kappa shape index (κ1) is 10.6. The van der Waals surface area contributed by atoms with Gasteiger partial charge < -0.3 is 14.9 Å². The Hall–Kier alpha value is -1.55. The van der Waals surface area contributed by atoms with E-state index in [9.17, 15) is 15.0 Å². The molecule has 4 nitrogen and oxygen atoms in total. The summed E-state index contributed by atoms with van der Waals surface area (Å²) in [5.74, 6) is -1.40. The van der Waals surface area contributed by atoms with Crippen LogP contribution in [0, 0.1) is 5.92 Å². The maximum absolute atomic E-state index is 11.3. The molecule has 0 aliphatic carbocycles. The van der Waals surface area contributed by atoms with Crippen LogP contribution >= 0.6 is 0 Å². The van der Waals surface area contributed by atoms with Crippen molar-refractivity contribution < 1.29 is 19.7 Å². The predicted octanol–water partition coefficient (Wildman–Crippen LogP) is 1.74. The number of carboxylic acids is 1. The molecule has 2 heterocycles. The van der Waals surface area contributed by atoms with Crippen molar-refractivity contribution in [3.63, 3.8) is 0 Å². The molecule has 0 aromatic heterocycles. The fourth-order valence-corrected chi connectivity index (χ4v) is 3.16. The zero-order valence-corrected chi connectivity index (χ0v) is 9.24. The third kappa shape index (κ3) is 1.52. The van der Waals surface area contributed by atoms with Crippen LogP contribution in [0.5, 0.6) is 5.75 Å². The number of carbonyl (C=O) groups is 1. The van der Waals surface area contributed by atoms with Crippen LogP contribution in [0.2, 0.25) is 0 Å². The second-order valence-corrected chi connectivity index (χ2v) is 4.74. The van der Waals surface area contributed by atoms with Gasteiger partial charge >= 0.3 is 5.97 Å². The van der Waals surface area contributed by atoms with E-state index in [2.05, 4.69) is 0 Å². The van der Waals surface area contributed by atoms with Crippen LogP contribution in [0.4, 0.5) is 0 Å². The van der Waals surface area contributed by atoms with Crippen molar-refractivity contribution in [1.82, 2.24) is 0 Å². The van der Waals surface area contributed by atoms with E-state index in [4.69, 9.17) is 4.74 Å². The molecule has 0 radical (unpaired) electrons. The molecule has 90 valence electrons. The van der Waals surface area contributed by atoms with Gasteiger partial charge in [-0.05, 0) is 18.9 Å². The fraction of sp³-hybridized carbons (Fsp3) is 0.462. The number of carboxylic acid groups (broad SMARTS) is 1. The third-order valence-electron chi connectivity index (χ3n) is 3.85. The minimum atomic E-state index is -0.828. The molecule has 17 heavy (non-hydrogen) atoms. The Balaban J connectivity index is 2.02. The Labute approximate surface area is 98.8 Å². The molecule has 0 spiro atoms. The molecule has 4 atom stereocenters. The number of phenols is 1. The van der Waals surface area contributed by atoms with Gasteiger partial charge in [0.2, 0.25) is 0 Å². The van der Waals surface area contributed by atoms with Crippen LogP contribution in [0.3, 0.4) is 0 Å². The highest BCUT2D eigenvalue weighted by Crippen LogP contribution is 2.50. The zero-order chi connectivity index (χ0) is 12.0. The Kier molecular flexibility index (Phi) is 2.33. The Morgan fingerprint density at radius 3 is 2.65 bits per heavy atom. The summed E-state index contributed by atoms with van der Waals surface area (Å²) in [6.07, 6.45) is 1.44. The summed E-state index contributed by atoms with van der Waals surface area (Å²) in [5.41, 5.74) is 0.701. The first-order valence-corrected chi connectivity index (χ1v) is 5.84. The number of rotatable bonds is 2. The van der Waals surface area contributed by atoms with Crippen LogP contribution in [0.25, 0.3) is 0 Å². The molecule has 2 aliphatic heterocycles. The zero-order valence-electron chi connectivity index (χ0n) is 9.24. The number of phenolic OH excluding ortho intramolecular Hbond substituents is 1. The molecule has 0 amide bonds. The minimum absolute atomic E-state index is 0.0607. The Morgan fingerprint density at radius 1 is 1.24 bits per heavy atom. The molecule has 4 unspecified atom stereocenters. The molecule has 2 saturated heterocycles. The molecule has 1 aromatic rings. The molecule has 3 rings (SSSR count). The SMILES string of the molecule is O=C(O)C1C2CCC(O2)C1c1ccccc1O. The number of hydrogen-bond acceptors (Lipinski definition) is 3. The molecule has 4 heteroatoms. The average molecular weight is 234 g/mol. The van der Waals surface area contributed by atoms with Crippen molar-refractivity contribution in [2.75, 3.05) is 0 Å². The van der Waals surface area contributed by atoms with E-state index in [1.54, 1.807) is 18.2 Å². The van der Waals surface area contributed by atoms with E-state index in [1.165, 1.54) is 0 Å². The smallest absolute Gasteiger partial charge is 0.309 e. The fourth-order valence-electron chi connectivity index (χ4n) is 3.16. The van der Waals surface area contributed by atoms with Crippen molar-refractivity contribution in [2.24, 2.45) is 5.92 Å². The number of para-hydroxylation sites is 1. The third-order valence-corrected chi connectivity index (χ3v) is 3.85. The van der Waals surface area contributed by atoms with Crippen molar-refractivity contribution >= 4 is 5.97 Å². The van der Waals surface area contributed by atoms with Gasteiger partial charge in [-0.15, -0.1) is 0 Å². The number of aliphatic carboxylic acids is 1. The average Bonchev–Trinajstić information content (AvgIpc) is 2.89. The highest BCUT2D eigenvalue weighted by molar-refractivity contribution is 5.73. The normalized spacial score (nSPS) is 35.1. The Bertz CT molecular complexity index is 456. The van der Waals surface area contributed by atoms with Gasteiger partial charge in [-0.25, -0.2) is 0 Å². The van der Waals surface area contributed by atoms with Crippen molar-refractivity contribution in [3.05, 3.63) is 29.8 Å². The molecule has 1 aromatic carbocycles. The number of fused-ring (bicyclic) bond motifs is 2. The van der Waals surface area contributed by atoms with E-state index in [0.717, 1.165) is 12.8 Å². The van der Waals surface area contributed by atoms with Crippen molar-refractivity contribution in [1.29, 1.82) is 0 Å². The lowest BCUT2D eigenvalue weighted by Gasteiger charge is -2.25. The highest BCUT2D eigenvalue weighted by Gasteiger charge is 2.53. The summed E-state index contributed by atoms with van der Waals surface area (Å²) < 4.78 is 5.68. The highest BCUT2D eigenvalue weighted by atomic mass is 16.5. The standard InChI is InChI=1S/C13H14O4/c14-8-4-2-1-3-7(8)11-9-5-6-10(17-9)12(11)13(15)16/h1-4,9-12,14H,5-6H2,(H,15,16). The molecule has 2 fully saturated rings. The quantitative estimate of drug-likeness (QED) is 0.818. The second kappa shape index (κ2) is 3.74. The summed E-state index contributed by atoms with van der Waals surface area (Å²) in [4.78, 5) is 11.3. The molecule has 0 saturated carbocycles. The molecular formula is C13H14O4. The van der Waals surface area contributed by atoms with E-state index < -0.39 is 11.9 Å². The van der Waals surface area contributed by atoms with Gasteiger partial charge in [0.25, 0.3) is 0 Å². The summed E-state index contributed by atoms with van der Waals surface area (Å²) in [5, 5.41) is 19.1. The largest absolute Gasteiger partial charge is 0.508 e. The maximum atomic E-state index is 11.3. The van der Waals surface area contributed by atoms with Crippen LogP contribution in [-0.4, -0.2) is 28.4 Å². The lowest BCUT2D eigenvalue weighted by Crippen LogP contribution is -2.31. The summed E-state index contributed by atoms with van der Waals surface area (Å²) in [7, 11) is 0. The van der Waals surface area contributed by atoms with E-state index in [1.807, 2.05) is 6.07 Å². The molecular weight excluding hydrogens is 220 g/mol. The van der Waals surface area contributed by atoms with E-state index in [-0.39, 0.29) is 23.9 Å². The van der Waals surface area contributed by atoms with E-state index >= 15 is 0 Å². The minimum Gasteiger partial charge on any atom is -0.508 e. The lowest BCUT2D eigenvalue weighted by molar-refractivity contribution is -0.143. The molecule has 2 bridgehead atoms. The number of hydrogen-bond donors (Lipinski definition) is 2. The summed E-state index contributed by atoms with van der Waals surface area (Å²) >= 11 is 0. The van der Waals surface area contributed by atoms with Gasteiger partial charge in [-0.2, -0.15) is 0 Å². The van der Waals surface area contributed by atoms with Crippen molar-refractivity contribution in [3.8, 4) is 5.75 Å². The van der Waals surface area contributed by atoms with Crippen LogP contribution in [0.1, 0.15) is 24.3 Å². The van der Waals surface area contributed by atoms with E-state index in [0.29, 0.717) is 5.56 Å². The second-order valence-electron chi connectivity index (χ2n) is 4.74. The summed E-state index contributed by atoms with van der Waals surface area (Å²) in [6, 6.07) is 6.95. The monoisotopic (exact) mass is 234 g/mol. The summed E-state index contributed by atoms with van der Waals surface area (Å²) in [6.45, 7) is 0. The number of ether oxygens (including phenoxy) is 1. The number of benzene rings is 1. The molecule has 2 N–H and O–H groups in total. The predicted molar refractivity (Wildman–Crippen MR) is 59.9 cm³/mol. The topological polar surface area (TPSA) is 66.8 Å². The van der Waals surface area contributed by atoms with Gasteiger partial charge in [0.15, 0.2) is 0 Å². The first-order valence-electron chi connectivity index (χ1n) is 5.84. The molecule has 2 aliphatic rings. The number of aromatic hydroxyl groups is 1.